The van der Waals surface area contributed by atoms with Crippen molar-refractivity contribution in [2.45, 2.75) is 24.1 Å². The second-order valence-electron chi connectivity index (χ2n) is 5.49. The van der Waals surface area contributed by atoms with Crippen molar-refractivity contribution < 1.29 is 12.8 Å². The highest BCUT2D eigenvalue weighted by Crippen LogP contribution is 2.25. The summed E-state index contributed by atoms with van der Waals surface area (Å²) in [5, 5.41) is 9.54. The number of nitriles is 1. The van der Waals surface area contributed by atoms with Crippen molar-refractivity contribution in [1.29, 1.82) is 5.26 Å². The molecule has 0 radical (unpaired) electrons. The third kappa shape index (κ3) is 3.67. The lowest BCUT2D eigenvalue weighted by molar-refractivity contribution is 0.459. The van der Waals surface area contributed by atoms with Crippen molar-refractivity contribution in [3.8, 4) is 6.07 Å². The van der Waals surface area contributed by atoms with Gasteiger partial charge in [-0.3, -0.25) is 0 Å². The first-order chi connectivity index (χ1) is 11.9. The smallest absolute Gasteiger partial charge is 0.316 e. The SMILES string of the molecule is Cc1cc(C)c(C#N)c(SCCS(=O)(=O)c2nc3ccccc3o2)n1. The van der Waals surface area contributed by atoms with E-state index in [4.69, 9.17) is 4.42 Å². The van der Waals surface area contributed by atoms with Crippen LogP contribution in [0.5, 0.6) is 0 Å². The van der Waals surface area contributed by atoms with Crippen LogP contribution in [0.4, 0.5) is 0 Å². The van der Waals surface area contributed by atoms with Crippen LogP contribution in [0.3, 0.4) is 0 Å². The Hall–Kier alpha value is -2.37. The summed E-state index contributed by atoms with van der Waals surface area (Å²) >= 11 is 1.25. The van der Waals surface area contributed by atoms with Gasteiger partial charge < -0.3 is 4.42 Å². The van der Waals surface area contributed by atoms with Crippen molar-refractivity contribution in [3.63, 3.8) is 0 Å². The monoisotopic (exact) mass is 373 g/mol. The van der Waals surface area contributed by atoms with Crippen molar-refractivity contribution in [2.75, 3.05) is 11.5 Å². The highest BCUT2D eigenvalue weighted by atomic mass is 32.2. The van der Waals surface area contributed by atoms with E-state index in [0.717, 1.165) is 11.3 Å². The molecule has 0 amide bonds. The molecule has 1 aromatic carbocycles. The average Bonchev–Trinajstić information content (AvgIpc) is 2.99. The van der Waals surface area contributed by atoms with E-state index in [9.17, 15) is 13.7 Å². The molecule has 0 aliphatic carbocycles. The number of benzene rings is 1. The molecule has 0 saturated carbocycles. The molecule has 8 heteroatoms. The molecule has 3 aromatic rings. The summed E-state index contributed by atoms with van der Waals surface area (Å²) in [6.07, 6.45) is 0. The van der Waals surface area contributed by atoms with E-state index in [0.29, 0.717) is 21.7 Å². The zero-order chi connectivity index (χ0) is 18.0. The standard InChI is InChI=1S/C17H15N3O3S2/c1-11-9-12(2)19-16(13(11)10-18)24-7-8-25(21,22)17-20-14-5-3-4-6-15(14)23-17/h3-6,9H,7-8H2,1-2H3. The van der Waals surface area contributed by atoms with E-state index >= 15 is 0 Å². The van der Waals surface area contributed by atoms with Gasteiger partial charge in [0.25, 0.3) is 0 Å². The minimum absolute atomic E-state index is 0.149. The first-order valence-corrected chi connectivity index (χ1v) is 10.1. The summed E-state index contributed by atoms with van der Waals surface area (Å²) in [7, 11) is -3.64. The zero-order valence-electron chi connectivity index (χ0n) is 13.7. The van der Waals surface area contributed by atoms with Crippen LogP contribution >= 0.6 is 11.8 Å². The number of hydrogen-bond donors (Lipinski definition) is 0. The Kier molecular flexibility index (Phi) is 4.79. The summed E-state index contributed by atoms with van der Waals surface area (Å²) in [6, 6.07) is 10.9. The van der Waals surface area contributed by atoms with E-state index < -0.39 is 9.84 Å². The number of rotatable bonds is 5. The lowest BCUT2D eigenvalue weighted by Gasteiger charge is -2.07. The Morgan fingerprint density at radius 1 is 1.24 bits per heavy atom. The van der Waals surface area contributed by atoms with Crippen LogP contribution in [0.25, 0.3) is 11.1 Å². The maximum Gasteiger partial charge on any atom is 0.316 e. The van der Waals surface area contributed by atoms with E-state index in [1.807, 2.05) is 19.9 Å². The summed E-state index contributed by atoms with van der Waals surface area (Å²) in [5.41, 5.74) is 3.06. The molecule has 0 aliphatic heterocycles. The van der Waals surface area contributed by atoms with Gasteiger partial charge in [-0.15, -0.1) is 11.8 Å². The van der Waals surface area contributed by atoms with Gasteiger partial charge in [0.05, 0.1) is 11.3 Å². The maximum absolute atomic E-state index is 12.4. The third-order valence-corrected chi connectivity index (χ3v) is 6.24. The van der Waals surface area contributed by atoms with Gasteiger partial charge in [0.15, 0.2) is 5.58 Å². The highest BCUT2D eigenvalue weighted by molar-refractivity contribution is 8.00. The molecule has 6 nitrogen and oxygen atoms in total. The second kappa shape index (κ2) is 6.86. The largest absolute Gasteiger partial charge is 0.428 e. The molecule has 0 saturated heterocycles. The predicted octanol–water partition coefficient (Wildman–Crippen LogP) is 3.28. The predicted molar refractivity (Wildman–Crippen MR) is 95.2 cm³/mol. The van der Waals surface area contributed by atoms with Gasteiger partial charge in [-0.1, -0.05) is 12.1 Å². The number of aromatic nitrogens is 2. The number of pyridine rings is 1. The van der Waals surface area contributed by atoms with Crippen molar-refractivity contribution in [2.24, 2.45) is 0 Å². The van der Waals surface area contributed by atoms with Crippen LogP contribution in [-0.2, 0) is 9.84 Å². The van der Waals surface area contributed by atoms with Crippen LogP contribution < -0.4 is 0 Å². The summed E-state index contributed by atoms with van der Waals surface area (Å²) < 4.78 is 30.2. The van der Waals surface area contributed by atoms with Crippen molar-refractivity contribution >= 4 is 32.7 Å². The number of oxazole rings is 1. The lowest BCUT2D eigenvalue weighted by atomic mass is 10.1. The topological polar surface area (TPSA) is 96.8 Å². The summed E-state index contributed by atoms with van der Waals surface area (Å²) in [4.78, 5) is 8.38. The molecule has 25 heavy (non-hydrogen) atoms. The quantitative estimate of drug-likeness (QED) is 0.633. The van der Waals surface area contributed by atoms with Crippen molar-refractivity contribution in [1.82, 2.24) is 9.97 Å². The Bertz CT molecular complexity index is 1050. The van der Waals surface area contributed by atoms with E-state index in [2.05, 4.69) is 16.0 Å². The minimum atomic E-state index is -3.64. The van der Waals surface area contributed by atoms with Gasteiger partial charge in [0, 0.05) is 11.4 Å². The van der Waals surface area contributed by atoms with Crippen LogP contribution in [0, 0.1) is 25.2 Å². The molecular formula is C17H15N3O3S2. The number of thioether (sulfide) groups is 1. The Morgan fingerprint density at radius 2 is 2.00 bits per heavy atom. The molecule has 0 spiro atoms. The number of sulfone groups is 1. The fourth-order valence-electron chi connectivity index (χ4n) is 2.36. The fourth-order valence-corrected chi connectivity index (χ4v) is 4.96. The van der Waals surface area contributed by atoms with Crippen LogP contribution in [0.15, 0.2) is 45.0 Å². The van der Waals surface area contributed by atoms with Gasteiger partial charge in [-0.25, -0.2) is 13.4 Å². The average molecular weight is 373 g/mol. The minimum Gasteiger partial charge on any atom is -0.428 e. The van der Waals surface area contributed by atoms with Gasteiger partial charge in [-0.05, 0) is 37.6 Å². The summed E-state index contributed by atoms with van der Waals surface area (Å²) in [5.74, 6) is 0.107. The molecule has 3 rings (SSSR count). The van der Waals surface area contributed by atoms with Gasteiger partial charge in [-0.2, -0.15) is 10.2 Å². The molecule has 0 atom stereocenters. The number of para-hydroxylation sites is 2. The Labute approximate surface area is 149 Å². The lowest BCUT2D eigenvalue weighted by Crippen LogP contribution is -2.09. The van der Waals surface area contributed by atoms with Crippen LogP contribution in [-0.4, -0.2) is 29.9 Å². The molecule has 2 aromatic heterocycles. The molecule has 128 valence electrons. The second-order valence-corrected chi connectivity index (χ2v) is 8.56. The fraction of sp³-hybridized carbons (Fsp3) is 0.235. The van der Waals surface area contributed by atoms with Crippen LogP contribution in [0.2, 0.25) is 0 Å². The van der Waals surface area contributed by atoms with E-state index in [1.165, 1.54) is 11.8 Å². The van der Waals surface area contributed by atoms with Crippen molar-refractivity contribution in [3.05, 3.63) is 47.2 Å². The molecule has 0 aliphatic rings. The van der Waals surface area contributed by atoms with Gasteiger partial charge in [0.2, 0.25) is 9.84 Å². The maximum atomic E-state index is 12.4. The molecule has 0 N–H and O–H groups in total. The number of aryl methyl sites for hydroxylation is 2. The molecule has 0 fully saturated rings. The van der Waals surface area contributed by atoms with E-state index in [-0.39, 0.29) is 16.7 Å². The number of nitrogens with zero attached hydrogens (tertiary/aromatic N) is 3. The van der Waals surface area contributed by atoms with Crippen LogP contribution in [0.1, 0.15) is 16.8 Å². The number of fused-ring (bicyclic) bond motifs is 1. The first kappa shape index (κ1) is 17.5. The normalized spacial score (nSPS) is 11.6. The van der Waals surface area contributed by atoms with Gasteiger partial charge in [0.1, 0.15) is 16.6 Å². The summed E-state index contributed by atoms with van der Waals surface area (Å²) in [6.45, 7) is 3.68. The van der Waals surface area contributed by atoms with E-state index in [1.54, 1.807) is 24.3 Å². The molecular weight excluding hydrogens is 358 g/mol. The molecule has 2 heterocycles. The molecule has 0 bridgehead atoms. The molecule has 0 unspecified atom stereocenters. The highest BCUT2D eigenvalue weighted by Gasteiger charge is 2.22. The third-order valence-electron chi connectivity index (χ3n) is 3.55. The van der Waals surface area contributed by atoms with Gasteiger partial charge >= 0.3 is 5.22 Å². The zero-order valence-corrected chi connectivity index (χ0v) is 15.3. The first-order valence-electron chi connectivity index (χ1n) is 7.50. The number of hydrogen-bond acceptors (Lipinski definition) is 7. The Balaban J connectivity index is 1.76. The Morgan fingerprint density at radius 3 is 2.72 bits per heavy atom.